The Balaban J connectivity index is 2.31. The second-order valence-electron chi connectivity index (χ2n) is 6.61. The Hall–Kier alpha value is -3.06. The predicted octanol–water partition coefficient (Wildman–Crippen LogP) is 3.65. The highest BCUT2D eigenvalue weighted by molar-refractivity contribution is 7.86. The number of nitrogens with zero attached hydrogens (tertiary/aromatic N) is 2. The molecule has 0 spiro atoms. The maximum atomic E-state index is 11.8. The highest BCUT2D eigenvalue weighted by atomic mass is 32.2. The average molecular weight is 451 g/mol. The second-order valence-corrected chi connectivity index (χ2v) is 9.39. The van der Waals surface area contributed by atoms with Crippen LogP contribution in [0.4, 0.5) is 17.1 Å². The van der Waals surface area contributed by atoms with Crippen LogP contribution in [0.5, 0.6) is 5.75 Å². The van der Waals surface area contributed by atoms with Gasteiger partial charge in [-0.3, -0.25) is 9.11 Å². The third-order valence-corrected chi connectivity index (χ3v) is 6.21. The van der Waals surface area contributed by atoms with Crippen molar-refractivity contribution in [2.24, 2.45) is 10.2 Å². The standard InChI is InChI=1S/C18H17N3O7S2/c1-9-5-14(15(6-10(9)2)29(23,24)25)20-21-17-16(30(26,27)28)8-11-7-12(19)3-4-13(11)18(17)22/h3-8,22H,19H2,1-2H3,(H,23,24,25)(H,26,27,28)/b21-20+. The van der Waals surface area contributed by atoms with Gasteiger partial charge in [0.1, 0.15) is 21.2 Å². The fraction of sp³-hybridized carbons (Fsp3) is 0.111. The van der Waals surface area contributed by atoms with E-state index < -0.39 is 41.5 Å². The van der Waals surface area contributed by atoms with Crippen LogP contribution >= 0.6 is 0 Å². The minimum atomic E-state index is -4.84. The van der Waals surface area contributed by atoms with E-state index in [-0.39, 0.29) is 16.5 Å². The fourth-order valence-electron chi connectivity index (χ4n) is 2.83. The molecule has 0 bridgehead atoms. The van der Waals surface area contributed by atoms with E-state index in [9.17, 15) is 31.0 Å². The van der Waals surface area contributed by atoms with E-state index in [0.717, 1.165) is 6.07 Å². The Morgan fingerprint density at radius 2 is 1.43 bits per heavy atom. The molecule has 3 aromatic rings. The highest BCUT2D eigenvalue weighted by Crippen LogP contribution is 2.42. The Bertz CT molecular complexity index is 1430. The molecule has 0 aromatic heterocycles. The van der Waals surface area contributed by atoms with Gasteiger partial charge in [-0.15, -0.1) is 10.2 Å². The zero-order valence-corrected chi connectivity index (χ0v) is 17.4. The van der Waals surface area contributed by atoms with Gasteiger partial charge in [-0.1, -0.05) is 0 Å². The van der Waals surface area contributed by atoms with Gasteiger partial charge in [0.15, 0.2) is 5.75 Å². The quantitative estimate of drug-likeness (QED) is 0.263. The van der Waals surface area contributed by atoms with Crippen molar-refractivity contribution in [3.05, 3.63) is 47.5 Å². The molecule has 0 fully saturated rings. The highest BCUT2D eigenvalue weighted by Gasteiger charge is 2.23. The molecule has 0 unspecified atom stereocenters. The molecule has 0 saturated carbocycles. The number of fused-ring (bicyclic) bond motifs is 1. The minimum Gasteiger partial charge on any atom is -0.505 e. The Kier molecular flexibility index (Phi) is 5.28. The molecule has 158 valence electrons. The van der Waals surface area contributed by atoms with Crippen LogP contribution in [0, 0.1) is 13.8 Å². The molecular weight excluding hydrogens is 434 g/mol. The van der Waals surface area contributed by atoms with E-state index in [1.54, 1.807) is 13.8 Å². The van der Waals surface area contributed by atoms with Crippen molar-refractivity contribution < 1.29 is 31.0 Å². The molecule has 0 heterocycles. The van der Waals surface area contributed by atoms with E-state index in [1.807, 2.05) is 0 Å². The van der Waals surface area contributed by atoms with Gasteiger partial charge in [0.2, 0.25) is 0 Å². The lowest BCUT2D eigenvalue weighted by Crippen LogP contribution is -2.00. The van der Waals surface area contributed by atoms with Crippen molar-refractivity contribution in [1.29, 1.82) is 0 Å². The molecule has 0 aliphatic carbocycles. The van der Waals surface area contributed by atoms with E-state index >= 15 is 0 Å². The topological polar surface area (TPSA) is 180 Å². The minimum absolute atomic E-state index is 0.181. The number of nitrogen functional groups attached to an aromatic ring is 1. The average Bonchev–Trinajstić information content (AvgIpc) is 2.61. The summed E-state index contributed by atoms with van der Waals surface area (Å²) in [5.74, 6) is -0.610. The SMILES string of the molecule is Cc1cc(/N=N/c2c(S(=O)(=O)O)cc3cc(N)ccc3c2O)c(S(=O)(=O)O)cc1C. The number of azo groups is 1. The van der Waals surface area contributed by atoms with Crippen LogP contribution in [0.2, 0.25) is 0 Å². The third kappa shape index (κ3) is 4.11. The summed E-state index contributed by atoms with van der Waals surface area (Å²) in [5.41, 5.74) is 6.28. The lowest BCUT2D eigenvalue weighted by Gasteiger charge is -2.10. The van der Waals surface area contributed by atoms with Crippen molar-refractivity contribution in [1.82, 2.24) is 0 Å². The van der Waals surface area contributed by atoms with Crippen molar-refractivity contribution >= 4 is 48.1 Å². The monoisotopic (exact) mass is 451 g/mol. The Labute approximate surface area is 172 Å². The molecule has 0 radical (unpaired) electrons. The maximum Gasteiger partial charge on any atom is 0.296 e. The summed E-state index contributed by atoms with van der Waals surface area (Å²) in [6, 6.07) is 7.85. The first-order valence-corrected chi connectivity index (χ1v) is 11.2. The van der Waals surface area contributed by atoms with E-state index in [2.05, 4.69) is 10.2 Å². The van der Waals surface area contributed by atoms with Crippen molar-refractivity contribution in [2.45, 2.75) is 23.6 Å². The van der Waals surface area contributed by atoms with E-state index in [1.165, 1.54) is 30.3 Å². The van der Waals surface area contributed by atoms with Crippen LogP contribution in [0.25, 0.3) is 10.8 Å². The molecule has 3 aromatic carbocycles. The molecule has 12 heteroatoms. The zero-order chi connectivity index (χ0) is 22.4. The van der Waals surface area contributed by atoms with Crippen LogP contribution in [0.1, 0.15) is 11.1 Å². The number of phenols is 1. The largest absolute Gasteiger partial charge is 0.505 e. The molecule has 30 heavy (non-hydrogen) atoms. The summed E-state index contributed by atoms with van der Waals surface area (Å²) in [6.45, 7) is 3.30. The third-order valence-electron chi connectivity index (χ3n) is 4.46. The fourth-order valence-corrected chi connectivity index (χ4v) is 4.17. The Morgan fingerprint density at radius 1 is 0.833 bits per heavy atom. The molecule has 0 aliphatic heterocycles. The van der Waals surface area contributed by atoms with Crippen LogP contribution in [0.3, 0.4) is 0 Å². The Morgan fingerprint density at radius 3 is 2.03 bits per heavy atom. The molecular formula is C18H17N3O7S2. The van der Waals surface area contributed by atoms with Crippen LogP contribution in [0.15, 0.2) is 56.4 Å². The van der Waals surface area contributed by atoms with Gasteiger partial charge in [-0.2, -0.15) is 16.8 Å². The van der Waals surface area contributed by atoms with Gasteiger partial charge in [0.25, 0.3) is 20.2 Å². The smallest absolute Gasteiger partial charge is 0.296 e. The second kappa shape index (κ2) is 7.32. The summed E-state index contributed by atoms with van der Waals surface area (Å²) in [6.07, 6.45) is 0. The number of hydrogen-bond donors (Lipinski definition) is 4. The van der Waals surface area contributed by atoms with Crippen molar-refractivity contribution in [3.63, 3.8) is 0 Å². The molecule has 0 amide bonds. The van der Waals surface area contributed by atoms with Gasteiger partial charge in [0.05, 0.1) is 0 Å². The molecule has 0 saturated heterocycles. The normalized spacial score (nSPS) is 12.7. The van der Waals surface area contributed by atoms with Gasteiger partial charge in [-0.25, -0.2) is 0 Å². The molecule has 10 nitrogen and oxygen atoms in total. The molecule has 0 atom stereocenters. The number of anilines is 1. The van der Waals surface area contributed by atoms with Crippen molar-refractivity contribution in [3.8, 4) is 5.75 Å². The first-order valence-electron chi connectivity index (χ1n) is 8.32. The number of nitrogens with two attached hydrogens (primary N) is 1. The number of benzene rings is 3. The molecule has 3 rings (SSSR count). The van der Waals surface area contributed by atoms with Crippen LogP contribution in [-0.2, 0) is 20.2 Å². The number of phenolic OH excluding ortho intramolecular Hbond substituents is 1. The van der Waals surface area contributed by atoms with Gasteiger partial charge in [-0.05, 0) is 66.8 Å². The maximum absolute atomic E-state index is 11.8. The number of rotatable bonds is 4. The number of aromatic hydroxyl groups is 1. The lowest BCUT2D eigenvalue weighted by atomic mass is 10.1. The van der Waals surface area contributed by atoms with Crippen LogP contribution < -0.4 is 5.73 Å². The lowest BCUT2D eigenvalue weighted by molar-refractivity contribution is 0.472. The first kappa shape index (κ1) is 21.6. The summed E-state index contributed by atoms with van der Waals surface area (Å²) in [5, 5.41) is 18.4. The van der Waals surface area contributed by atoms with Gasteiger partial charge in [0, 0.05) is 11.1 Å². The summed E-state index contributed by atoms with van der Waals surface area (Å²) in [4.78, 5) is -1.30. The van der Waals surface area contributed by atoms with E-state index in [0.29, 0.717) is 16.8 Å². The van der Waals surface area contributed by atoms with Gasteiger partial charge >= 0.3 is 0 Å². The molecule has 0 aliphatic rings. The number of hydrogen-bond acceptors (Lipinski definition) is 8. The van der Waals surface area contributed by atoms with E-state index in [4.69, 9.17) is 5.73 Å². The van der Waals surface area contributed by atoms with Crippen molar-refractivity contribution in [2.75, 3.05) is 5.73 Å². The predicted molar refractivity (Wildman–Crippen MR) is 110 cm³/mol. The van der Waals surface area contributed by atoms with Crippen LogP contribution in [-0.4, -0.2) is 31.0 Å². The van der Waals surface area contributed by atoms with Gasteiger partial charge < -0.3 is 10.8 Å². The zero-order valence-electron chi connectivity index (χ0n) is 15.7. The number of aryl methyl sites for hydroxylation is 2. The summed E-state index contributed by atoms with van der Waals surface area (Å²) in [7, 11) is -9.50. The summed E-state index contributed by atoms with van der Waals surface area (Å²) >= 11 is 0. The molecule has 5 N–H and O–H groups in total. The summed E-state index contributed by atoms with van der Waals surface area (Å²) < 4.78 is 66.1. The first-order chi connectivity index (χ1) is 13.8.